The zero-order valence-corrected chi connectivity index (χ0v) is 12.1. The van der Waals surface area contributed by atoms with E-state index in [1.54, 1.807) is 0 Å². The second-order valence-corrected chi connectivity index (χ2v) is 5.35. The number of aliphatic hydroxyl groups is 1. The number of fused-ring (bicyclic) bond motifs is 1. The van der Waals surface area contributed by atoms with Gasteiger partial charge in [0.2, 0.25) is 0 Å². The van der Waals surface area contributed by atoms with Gasteiger partial charge in [-0.3, -0.25) is 0 Å². The average Bonchev–Trinajstić information content (AvgIpc) is 2.77. The lowest BCUT2D eigenvalue weighted by Gasteiger charge is -2.15. The molecule has 2 aromatic rings. The van der Waals surface area contributed by atoms with Gasteiger partial charge in [0.25, 0.3) is 0 Å². The Morgan fingerprint density at radius 2 is 2.10 bits per heavy atom. The van der Waals surface area contributed by atoms with Crippen LogP contribution < -0.4 is 10.6 Å². The van der Waals surface area contributed by atoms with E-state index in [1.165, 1.54) is 0 Å². The third-order valence-electron chi connectivity index (χ3n) is 3.39. The van der Waals surface area contributed by atoms with Gasteiger partial charge < -0.3 is 20.3 Å². The standard InChI is InChI=1S/C15H21N3O2/c1-10(2)14(19)9-16-15(20)17-12-5-4-11-6-7-18(3)13(11)8-12/h4-8,10,14,19H,9H2,1-3H3,(H2,16,17,20)/t14-/m1/s1. The quantitative estimate of drug-likeness (QED) is 0.801. The molecule has 2 rings (SSSR count). The maximum atomic E-state index is 11.8. The number of aliphatic hydroxyl groups excluding tert-OH is 1. The van der Waals surface area contributed by atoms with E-state index in [0.29, 0.717) is 0 Å². The van der Waals surface area contributed by atoms with Crippen molar-refractivity contribution in [1.29, 1.82) is 0 Å². The predicted octanol–water partition coefficient (Wildman–Crippen LogP) is 2.32. The number of nitrogens with one attached hydrogen (secondary N) is 2. The smallest absolute Gasteiger partial charge is 0.319 e. The summed E-state index contributed by atoms with van der Waals surface area (Å²) in [6.45, 7) is 4.07. The molecule has 5 heteroatoms. The highest BCUT2D eigenvalue weighted by molar-refractivity contribution is 5.92. The molecule has 0 aliphatic rings. The maximum Gasteiger partial charge on any atom is 0.319 e. The Morgan fingerprint density at radius 1 is 1.35 bits per heavy atom. The van der Waals surface area contributed by atoms with Crippen LogP contribution in [0.2, 0.25) is 0 Å². The largest absolute Gasteiger partial charge is 0.391 e. The highest BCUT2D eigenvalue weighted by Gasteiger charge is 2.10. The highest BCUT2D eigenvalue weighted by atomic mass is 16.3. The molecule has 1 atom stereocenters. The fraction of sp³-hybridized carbons (Fsp3) is 0.400. The molecule has 0 aliphatic carbocycles. The van der Waals surface area contributed by atoms with Crippen molar-refractivity contribution < 1.29 is 9.90 Å². The van der Waals surface area contributed by atoms with Crippen LogP contribution in [-0.4, -0.2) is 28.4 Å². The zero-order chi connectivity index (χ0) is 14.7. The molecular weight excluding hydrogens is 254 g/mol. The molecule has 1 heterocycles. The van der Waals surface area contributed by atoms with Gasteiger partial charge in [-0.2, -0.15) is 0 Å². The monoisotopic (exact) mass is 275 g/mol. The SMILES string of the molecule is CC(C)[C@H](O)CNC(=O)Nc1ccc2ccn(C)c2c1. The second kappa shape index (κ2) is 5.96. The number of urea groups is 1. The third-order valence-corrected chi connectivity index (χ3v) is 3.39. The molecular formula is C15H21N3O2. The molecule has 1 aromatic carbocycles. The molecule has 0 spiro atoms. The van der Waals surface area contributed by atoms with Gasteiger partial charge in [0.05, 0.1) is 6.10 Å². The summed E-state index contributed by atoms with van der Waals surface area (Å²) in [5.41, 5.74) is 1.79. The third kappa shape index (κ3) is 3.30. The number of hydrogen-bond acceptors (Lipinski definition) is 2. The van der Waals surface area contributed by atoms with Crippen LogP contribution in [0.4, 0.5) is 10.5 Å². The van der Waals surface area contributed by atoms with E-state index in [4.69, 9.17) is 0 Å². The first-order valence-electron chi connectivity index (χ1n) is 6.75. The van der Waals surface area contributed by atoms with E-state index < -0.39 is 6.10 Å². The van der Waals surface area contributed by atoms with Gasteiger partial charge in [-0.25, -0.2) is 4.79 Å². The van der Waals surface area contributed by atoms with Crippen molar-refractivity contribution in [3.05, 3.63) is 30.5 Å². The van der Waals surface area contributed by atoms with Crippen LogP contribution >= 0.6 is 0 Å². The van der Waals surface area contributed by atoms with E-state index in [9.17, 15) is 9.90 Å². The Kier molecular flexibility index (Phi) is 4.29. The first-order chi connectivity index (χ1) is 9.47. The van der Waals surface area contributed by atoms with Gasteiger partial charge in [0, 0.05) is 31.0 Å². The van der Waals surface area contributed by atoms with Crippen LogP contribution in [0.5, 0.6) is 0 Å². The van der Waals surface area contributed by atoms with Crippen LogP contribution in [0.1, 0.15) is 13.8 Å². The molecule has 0 bridgehead atoms. The van der Waals surface area contributed by atoms with Crippen LogP contribution in [0, 0.1) is 5.92 Å². The summed E-state index contributed by atoms with van der Waals surface area (Å²) in [5.74, 6) is 0.120. The number of anilines is 1. The van der Waals surface area contributed by atoms with E-state index in [0.717, 1.165) is 16.6 Å². The van der Waals surface area contributed by atoms with Gasteiger partial charge in [-0.05, 0) is 29.5 Å². The Balaban J connectivity index is 1.97. The van der Waals surface area contributed by atoms with Crippen molar-refractivity contribution in [3.63, 3.8) is 0 Å². The molecule has 5 nitrogen and oxygen atoms in total. The first kappa shape index (κ1) is 14.4. The molecule has 1 aromatic heterocycles. The minimum atomic E-state index is -0.531. The molecule has 3 N–H and O–H groups in total. The number of rotatable bonds is 4. The minimum absolute atomic E-state index is 0.120. The van der Waals surface area contributed by atoms with Crippen LogP contribution in [-0.2, 0) is 7.05 Å². The van der Waals surface area contributed by atoms with Crippen molar-refractivity contribution in [2.45, 2.75) is 20.0 Å². The number of aryl methyl sites for hydroxylation is 1. The molecule has 0 aliphatic heterocycles. The lowest BCUT2D eigenvalue weighted by Crippen LogP contribution is -2.37. The summed E-state index contributed by atoms with van der Waals surface area (Å²) in [6.07, 6.45) is 1.45. The Morgan fingerprint density at radius 3 is 2.80 bits per heavy atom. The topological polar surface area (TPSA) is 66.3 Å². The first-order valence-corrected chi connectivity index (χ1v) is 6.75. The predicted molar refractivity (Wildman–Crippen MR) is 80.8 cm³/mol. The van der Waals surface area contributed by atoms with Crippen molar-refractivity contribution in [2.24, 2.45) is 13.0 Å². The fourth-order valence-electron chi connectivity index (χ4n) is 1.95. The zero-order valence-electron chi connectivity index (χ0n) is 12.1. The van der Waals surface area contributed by atoms with Crippen molar-refractivity contribution in [2.75, 3.05) is 11.9 Å². The molecule has 0 unspecified atom stereocenters. The van der Waals surface area contributed by atoms with E-state index in [-0.39, 0.29) is 18.5 Å². The van der Waals surface area contributed by atoms with Gasteiger partial charge >= 0.3 is 6.03 Å². The normalized spacial score (nSPS) is 12.7. The van der Waals surface area contributed by atoms with Gasteiger partial charge in [0.15, 0.2) is 0 Å². The highest BCUT2D eigenvalue weighted by Crippen LogP contribution is 2.19. The Labute approximate surface area is 118 Å². The molecule has 2 amide bonds. The molecule has 0 radical (unpaired) electrons. The van der Waals surface area contributed by atoms with Crippen molar-refractivity contribution in [1.82, 2.24) is 9.88 Å². The number of hydrogen-bond donors (Lipinski definition) is 3. The summed E-state index contributed by atoms with van der Waals surface area (Å²) in [5, 5.41) is 16.2. The summed E-state index contributed by atoms with van der Waals surface area (Å²) in [6, 6.07) is 7.47. The summed E-state index contributed by atoms with van der Waals surface area (Å²) >= 11 is 0. The number of carbonyl (C=O) groups excluding carboxylic acids is 1. The lowest BCUT2D eigenvalue weighted by atomic mass is 10.1. The number of amides is 2. The lowest BCUT2D eigenvalue weighted by molar-refractivity contribution is 0.126. The van der Waals surface area contributed by atoms with Crippen LogP contribution in [0.25, 0.3) is 10.9 Å². The minimum Gasteiger partial charge on any atom is -0.391 e. The number of carbonyl (C=O) groups is 1. The molecule has 20 heavy (non-hydrogen) atoms. The summed E-state index contributed by atoms with van der Waals surface area (Å²) in [7, 11) is 1.96. The van der Waals surface area contributed by atoms with E-state index in [1.807, 2.05) is 55.9 Å². The fourth-order valence-corrected chi connectivity index (χ4v) is 1.95. The van der Waals surface area contributed by atoms with Gasteiger partial charge in [0.1, 0.15) is 0 Å². The maximum absolute atomic E-state index is 11.8. The average molecular weight is 275 g/mol. The second-order valence-electron chi connectivity index (χ2n) is 5.35. The van der Waals surface area contributed by atoms with Crippen LogP contribution in [0.3, 0.4) is 0 Å². The Hall–Kier alpha value is -2.01. The number of benzene rings is 1. The van der Waals surface area contributed by atoms with E-state index >= 15 is 0 Å². The summed E-state index contributed by atoms with van der Waals surface area (Å²) in [4.78, 5) is 11.8. The van der Waals surface area contributed by atoms with E-state index in [2.05, 4.69) is 10.6 Å². The Bertz CT molecular complexity index is 604. The number of aromatic nitrogens is 1. The molecule has 0 saturated heterocycles. The van der Waals surface area contributed by atoms with Gasteiger partial charge in [-0.1, -0.05) is 19.9 Å². The molecule has 108 valence electrons. The van der Waals surface area contributed by atoms with Crippen molar-refractivity contribution in [3.8, 4) is 0 Å². The molecule has 0 saturated carbocycles. The van der Waals surface area contributed by atoms with Gasteiger partial charge in [-0.15, -0.1) is 0 Å². The van der Waals surface area contributed by atoms with Crippen molar-refractivity contribution >= 4 is 22.6 Å². The number of nitrogens with zero attached hydrogens (tertiary/aromatic N) is 1. The summed E-state index contributed by atoms with van der Waals surface area (Å²) < 4.78 is 2.00. The molecule has 0 fully saturated rings. The van der Waals surface area contributed by atoms with Crippen LogP contribution in [0.15, 0.2) is 30.5 Å².